The van der Waals surface area contributed by atoms with Crippen LogP contribution >= 0.6 is 15.9 Å². The van der Waals surface area contributed by atoms with E-state index in [0.29, 0.717) is 5.56 Å². The molecular formula is C12H9BrF2N2O. The average molecular weight is 315 g/mol. The summed E-state index contributed by atoms with van der Waals surface area (Å²) in [4.78, 5) is 11.8. The number of aromatic nitrogens is 2. The number of Topliss-reactive ketones (excluding diaryl/α,β-unsaturated/α-hetero) is 1. The van der Waals surface area contributed by atoms with Gasteiger partial charge < -0.3 is 0 Å². The molecule has 2 aromatic rings. The number of aryl methyl sites for hydroxylation is 1. The van der Waals surface area contributed by atoms with Crippen LogP contribution in [-0.2, 0) is 13.5 Å². The van der Waals surface area contributed by atoms with Gasteiger partial charge in [0.15, 0.2) is 5.78 Å². The number of halogens is 3. The van der Waals surface area contributed by atoms with E-state index in [0.717, 1.165) is 6.07 Å². The van der Waals surface area contributed by atoms with Gasteiger partial charge in [-0.1, -0.05) is 0 Å². The van der Waals surface area contributed by atoms with Crippen molar-refractivity contribution in [2.75, 3.05) is 0 Å². The van der Waals surface area contributed by atoms with Crippen molar-refractivity contribution in [2.24, 2.45) is 7.05 Å². The van der Waals surface area contributed by atoms with Crippen LogP contribution in [0.25, 0.3) is 0 Å². The molecule has 1 aromatic carbocycles. The van der Waals surface area contributed by atoms with Crippen LogP contribution in [0.2, 0.25) is 0 Å². The van der Waals surface area contributed by atoms with Crippen molar-refractivity contribution in [2.45, 2.75) is 6.42 Å². The van der Waals surface area contributed by atoms with Crippen molar-refractivity contribution in [3.05, 3.63) is 51.8 Å². The molecular weight excluding hydrogens is 306 g/mol. The Morgan fingerprint density at radius 2 is 2.17 bits per heavy atom. The van der Waals surface area contributed by atoms with E-state index in [1.165, 1.54) is 23.1 Å². The molecule has 0 saturated carbocycles. The Morgan fingerprint density at radius 3 is 2.78 bits per heavy atom. The number of carbonyl (C=O) groups excluding carboxylic acids is 1. The second kappa shape index (κ2) is 4.97. The number of nitrogens with zero attached hydrogens (tertiary/aromatic N) is 2. The average Bonchev–Trinajstić information content (AvgIpc) is 2.76. The van der Waals surface area contributed by atoms with Gasteiger partial charge in [0.25, 0.3) is 0 Å². The lowest BCUT2D eigenvalue weighted by molar-refractivity contribution is 0.0990. The minimum atomic E-state index is -0.743. The summed E-state index contributed by atoms with van der Waals surface area (Å²) >= 11 is 2.96. The largest absolute Gasteiger partial charge is 0.294 e. The van der Waals surface area contributed by atoms with Crippen LogP contribution in [0.4, 0.5) is 8.78 Å². The van der Waals surface area contributed by atoms with E-state index in [-0.39, 0.29) is 22.2 Å². The predicted molar refractivity (Wildman–Crippen MR) is 65.3 cm³/mol. The normalized spacial score (nSPS) is 10.7. The van der Waals surface area contributed by atoms with E-state index >= 15 is 0 Å². The highest BCUT2D eigenvalue weighted by atomic mass is 79.9. The smallest absolute Gasteiger partial charge is 0.170 e. The number of hydrogen-bond donors (Lipinski definition) is 0. The quantitative estimate of drug-likeness (QED) is 0.645. The molecule has 0 atom stereocenters. The number of benzene rings is 1. The first kappa shape index (κ1) is 12.9. The van der Waals surface area contributed by atoms with Gasteiger partial charge in [-0.25, -0.2) is 8.78 Å². The van der Waals surface area contributed by atoms with Gasteiger partial charge in [0.2, 0.25) is 0 Å². The lowest BCUT2D eigenvalue weighted by atomic mass is 10.0. The number of carbonyl (C=O) groups is 1. The maximum Gasteiger partial charge on any atom is 0.170 e. The van der Waals surface area contributed by atoms with Crippen molar-refractivity contribution in [3.63, 3.8) is 0 Å². The molecule has 0 aliphatic heterocycles. The van der Waals surface area contributed by atoms with Gasteiger partial charge in [0.1, 0.15) is 11.6 Å². The standard InChI is InChI=1S/C12H9BrF2N2O/c1-17-6-7(5-16-17)11(18)4-8-10(14)3-2-9(13)12(8)15/h2-3,5-6H,4H2,1H3. The van der Waals surface area contributed by atoms with Gasteiger partial charge in [-0.3, -0.25) is 9.48 Å². The summed E-state index contributed by atoms with van der Waals surface area (Å²) in [6, 6.07) is 2.39. The Bertz CT molecular complexity index is 610. The van der Waals surface area contributed by atoms with Crippen molar-refractivity contribution in [1.29, 1.82) is 0 Å². The number of rotatable bonds is 3. The molecule has 0 aliphatic rings. The molecule has 18 heavy (non-hydrogen) atoms. The molecule has 1 heterocycles. The third-order valence-electron chi connectivity index (χ3n) is 2.50. The van der Waals surface area contributed by atoms with Crippen LogP contribution in [0.1, 0.15) is 15.9 Å². The molecule has 0 spiro atoms. The van der Waals surface area contributed by atoms with Crippen LogP contribution in [0.5, 0.6) is 0 Å². The molecule has 0 aliphatic carbocycles. The monoisotopic (exact) mass is 314 g/mol. The number of hydrogen-bond acceptors (Lipinski definition) is 2. The first-order valence-corrected chi connectivity index (χ1v) is 5.92. The van der Waals surface area contributed by atoms with E-state index in [1.807, 2.05) is 0 Å². The van der Waals surface area contributed by atoms with Crippen molar-refractivity contribution >= 4 is 21.7 Å². The second-order valence-electron chi connectivity index (χ2n) is 3.82. The molecule has 0 radical (unpaired) electrons. The lowest BCUT2D eigenvalue weighted by Gasteiger charge is -2.05. The Labute approximate surface area is 111 Å². The Hall–Kier alpha value is -1.56. The van der Waals surface area contributed by atoms with Gasteiger partial charge in [0.05, 0.1) is 16.2 Å². The van der Waals surface area contributed by atoms with Gasteiger partial charge in [0, 0.05) is 25.2 Å². The van der Waals surface area contributed by atoms with E-state index in [4.69, 9.17) is 0 Å². The Morgan fingerprint density at radius 1 is 1.44 bits per heavy atom. The van der Waals surface area contributed by atoms with Crippen molar-refractivity contribution in [3.8, 4) is 0 Å². The molecule has 6 heteroatoms. The zero-order valence-corrected chi connectivity index (χ0v) is 11.0. The predicted octanol–water partition coefficient (Wildman–Crippen LogP) is 2.89. The zero-order valence-electron chi connectivity index (χ0n) is 9.45. The maximum absolute atomic E-state index is 13.7. The molecule has 0 bridgehead atoms. The summed E-state index contributed by atoms with van der Waals surface area (Å²) in [5.41, 5.74) is 0.0921. The topological polar surface area (TPSA) is 34.9 Å². The van der Waals surface area contributed by atoms with E-state index < -0.39 is 11.6 Å². The molecule has 0 N–H and O–H groups in total. The lowest BCUT2D eigenvalue weighted by Crippen LogP contribution is -2.07. The fourth-order valence-electron chi connectivity index (χ4n) is 1.56. The molecule has 0 unspecified atom stereocenters. The van der Waals surface area contributed by atoms with Crippen LogP contribution in [0.15, 0.2) is 29.0 Å². The van der Waals surface area contributed by atoms with Gasteiger partial charge >= 0.3 is 0 Å². The van der Waals surface area contributed by atoms with Crippen molar-refractivity contribution < 1.29 is 13.6 Å². The van der Waals surface area contributed by atoms with Crippen molar-refractivity contribution in [1.82, 2.24) is 9.78 Å². The summed E-state index contributed by atoms with van der Waals surface area (Å²) < 4.78 is 28.8. The zero-order chi connectivity index (χ0) is 13.3. The Balaban J connectivity index is 2.30. The first-order chi connectivity index (χ1) is 8.49. The minimum Gasteiger partial charge on any atom is -0.294 e. The van der Waals surface area contributed by atoms with Gasteiger partial charge in [-0.05, 0) is 28.1 Å². The molecule has 0 saturated heterocycles. The molecule has 1 aromatic heterocycles. The van der Waals surface area contributed by atoms with E-state index in [9.17, 15) is 13.6 Å². The maximum atomic E-state index is 13.7. The molecule has 3 nitrogen and oxygen atoms in total. The van der Waals surface area contributed by atoms with Gasteiger partial charge in [-0.2, -0.15) is 5.10 Å². The van der Waals surface area contributed by atoms with Gasteiger partial charge in [-0.15, -0.1) is 0 Å². The third-order valence-corrected chi connectivity index (χ3v) is 3.12. The first-order valence-electron chi connectivity index (χ1n) is 5.13. The highest BCUT2D eigenvalue weighted by Gasteiger charge is 2.17. The van der Waals surface area contributed by atoms with Crippen LogP contribution < -0.4 is 0 Å². The second-order valence-corrected chi connectivity index (χ2v) is 4.68. The van der Waals surface area contributed by atoms with Crippen LogP contribution in [0, 0.1) is 11.6 Å². The van der Waals surface area contributed by atoms with E-state index in [2.05, 4.69) is 21.0 Å². The SMILES string of the molecule is Cn1cc(C(=O)Cc2c(F)ccc(Br)c2F)cn1. The van der Waals surface area contributed by atoms with Crippen LogP contribution in [-0.4, -0.2) is 15.6 Å². The molecule has 2 rings (SSSR count). The Kier molecular flexibility index (Phi) is 3.56. The molecule has 94 valence electrons. The fraction of sp³-hybridized carbons (Fsp3) is 0.167. The highest BCUT2D eigenvalue weighted by molar-refractivity contribution is 9.10. The highest BCUT2D eigenvalue weighted by Crippen LogP contribution is 2.22. The number of ketones is 1. The fourth-order valence-corrected chi connectivity index (χ4v) is 1.93. The minimum absolute atomic E-state index is 0.137. The summed E-state index contributed by atoms with van der Waals surface area (Å²) in [5.74, 6) is -1.85. The van der Waals surface area contributed by atoms with Crippen LogP contribution in [0.3, 0.4) is 0 Å². The summed E-state index contributed by atoms with van der Waals surface area (Å²) in [5, 5.41) is 3.84. The molecule has 0 fully saturated rings. The summed E-state index contributed by atoms with van der Waals surface area (Å²) in [7, 11) is 1.66. The third kappa shape index (κ3) is 2.48. The summed E-state index contributed by atoms with van der Waals surface area (Å²) in [6.45, 7) is 0. The molecule has 0 amide bonds. The van der Waals surface area contributed by atoms with E-state index in [1.54, 1.807) is 7.05 Å². The summed E-state index contributed by atoms with van der Waals surface area (Å²) in [6.07, 6.45) is 2.55.